The van der Waals surface area contributed by atoms with Crippen LogP contribution in [0.3, 0.4) is 0 Å². The van der Waals surface area contributed by atoms with Crippen LogP contribution in [0.5, 0.6) is 0 Å². The first-order valence-electron chi connectivity index (χ1n) is 5.25. The number of ether oxygens (including phenoxy) is 1. The van der Waals surface area contributed by atoms with E-state index in [1.165, 1.54) is 0 Å². The predicted octanol–water partition coefficient (Wildman–Crippen LogP) is 2.13. The van der Waals surface area contributed by atoms with Crippen molar-refractivity contribution >= 4 is 12.4 Å². The smallest absolute Gasteiger partial charge is 0.407 e. The van der Waals surface area contributed by atoms with Crippen LogP contribution in [0.1, 0.15) is 40.5 Å². The van der Waals surface area contributed by atoms with Gasteiger partial charge in [-0.05, 0) is 33.1 Å². The van der Waals surface area contributed by atoms with Crippen LogP contribution in [0.2, 0.25) is 0 Å². The molecular weight excluding hydrogens is 194 g/mol. The Hall–Kier alpha value is -1.06. The van der Waals surface area contributed by atoms with Gasteiger partial charge in [-0.15, -0.1) is 0 Å². The first-order chi connectivity index (χ1) is 6.85. The molecule has 4 nitrogen and oxygen atoms in total. The van der Waals surface area contributed by atoms with Crippen molar-refractivity contribution in [1.29, 1.82) is 0 Å². The highest BCUT2D eigenvalue weighted by molar-refractivity contribution is 5.67. The molecule has 0 fully saturated rings. The maximum Gasteiger partial charge on any atom is 0.407 e. The Morgan fingerprint density at radius 1 is 1.47 bits per heavy atom. The summed E-state index contributed by atoms with van der Waals surface area (Å²) in [4.78, 5) is 21.4. The maximum absolute atomic E-state index is 11.2. The second kappa shape index (κ2) is 6.43. The van der Waals surface area contributed by atoms with Crippen molar-refractivity contribution in [3.8, 4) is 0 Å². The third-order valence-electron chi connectivity index (χ3n) is 1.77. The van der Waals surface area contributed by atoms with E-state index >= 15 is 0 Å². The lowest BCUT2D eigenvalue weighted by Gasteiger charge is -2.20. The lowest BCUT2D eigenvalue weighted by atomic mass is 10.1. The number of aldehydes is 1. The highest BCUT2D eigenvalue weighted by atomic mass is 16.6. The third-order valence-corrected chi connectivity index (χ3v) is 1.77. The van der Waals surface area contributed by atoms with Crippen molar-refractivity contribution in [2.75, 3.05) is 6.54 Å². The van der Waals surface area contributed by atoms with E-state index in [9.17, 15) is 9.59 Å². The molecular formula is C11H21NO3. The van der Waals surface area contributed by atoms with Crippen molar-refractivity contribution in [3.63, 3.8) is 0 Å². The van der Waals surface area contributed by atoms with Gasteiger partial charge in [0.1, 0.15) is 11.9 Å². The van der Waals surface area contributed by atoms with Gasteiger partial charge in [0.15, 0.2) is 0 Å². The Kier molecular flexibility index (Phi) is 5.97. The van der Waals surface area contributed by atoms with Crippen molar-refractivity contribution in [1.82, 2.24) is 5.32 Å². The molecule has 0 bridgehead atoms. The van der Waals surface area contributed by atoms with Gasteiger partial charge in [0, 0.05) is 13.0 Å². The molecule has 0 saturated heterocycles. The number of alkyl carbamates (subject to hydrolysis) is 1. The summed E-state index contributed by atoms with van der Waals surface area (Å²) in [7, 11) is 0. The highest BCUT2D eigenvalue weighted by Crippen LogP contribution is 2.07. The molecule has 1 unspecified atom stereocenters. The van der Waals surface area contributed by atoms with Crippen molar-refractivity contribution < 1.29 is 14.3 Å². The van der Waals surface area contributed by atoms with Crippen LogP contribution < -0.4 is 5.32 Å². The molecule has 0 aliphatic heterocycles. The lowest BCUT2D eigenvalue weighted by molar-refractivity contribution is -0.108. The van der Waals surface area contributed by atoms with E-state index in [2.05, 4.69) is 5.32 Å². The van der Waals surface area contributed by atoms with Crippen LogP contribution >= 0.6 is 0 Å². The second-order valence-electron chi connectivity index (χ2n) is 4.73. The van der Waals surface area contributed by atoms with Crippen LogP contribution in [-0.4, -0.2) is 24.5 Å². The average molecular weight is 215 g/mol. The number of hydrogen-bond acceptors (Lipinski definition) is 3. The fourth-order valence-electron chi connectivity index (χ4n) is 1.03. The topological polar surface area (TPSA) is 55.4 Å². The zero-order valence-electron chi connectivity index (χ0n) is 10.0. The number of rotatable bonds is 5. The Labute approximate surface area is 91.4 Å². The fraction of sp³-hybridized carbons (Fsp3) is 0.818. The summed E-state index contributed by atoms with van der Waals surface area (Å²) < 4.78 is 5.07. The van der Waals surface area contributed by atoms with Crippen LogP contribution in [0.4, 0.5) is 4.79 Å². The lowest BCUT2D eigenvalue weighted by Crippen LogP contribution is -2.34. The second-order valence-corrected chi connectivity index (χ2v) is 4.73. The van der Waals surface area contributed by atoms with E-state index in [4.69, 9.17) is 4.74 Å². The molecule has 0 aromatic rings. The molecule has 0 saturated carbocycles. The number of carbonyl (C=O) groups is 2. The number of carbonyl (C=O) groups excluding carboxylic acids is 2. The van der Waals surface area contributed by atoms with Crippen LogP contribution in [-0.2, 0) is 9.53 Å². The van der Waals surface area contributed by atoms with Gasteiger partial charge in [-0.25, -0.2) is 4.79 Å². The first kappa shape index (κ1) is 13.9. The van der Waals surface area contributed by atoms with Gasteiger partial charge in [-0.3, -0.25) is 0 Å². The third kappa shape index (κ3) is 9.25. The number of amides is 1. The van der Waals surface area contributed by atoms with Crippen LogP contribution in [0.15, 0.2) is 0 Å². The molecule has 0 spiro atoms. The molecule has 0 aromatic carbocycles. The molecule has 1 amide bonds. The molecule has 0 heterocycles. The molecule has 0 rings (SSSR count). The minimum atomic E-state index is -0.462. The minimum Gasteiger partial charge on any atom is -0.444 e. The maximum atomic E-state index is 11.2. The molecule has 1 atom stereocenters. The molecule has 15 heavy (non-hydrogen) atoms. The van der Waals surface area contributed by atoms with Gasteiger partial charge < -0.3 is 14.8 Å². The quantitative estimate of drug-likeness (QED) is 0.715. The molecule has 1 N–H and O–H groups in total. The Balaban J connectivity index is 3.66. The molecule has 0 radical (unpaired) electrons. The van der Waals surface area contributed by atoms with E-state index in [0.717, 1.165) is 12.7 Å². The standard InChI is InChI=1S/C11H21NO3/c1-9(6-5-7-13)8-12-10(14)15-11(2,3)4/h7,9H,5-6,8H2,1-4H3,(H,12,14). The molecule has 88 valence electrons. The highest BCUT2D eigenvalue weighted by Gasteiger charge is 2.16. The molecule has 4 heteroatoms. The van der Waals surface area contributed by atoms with Crippen molar-refractivity contribution in [3.05, 3.63) is 0 Å². The normalized spacial score (nSPS) is 13.1. The van der Waals surface area contributed by atoms with Gasteiger partial charge >= 0.3 is 6.09 Å². The van der Waals surface area contributed by atoms with Gasteiger partial charge in [-0.1, -0.05) is 6.92 Å². The average Bonchev–Trinajstić information content (AvgIpc) is 2.08. The number of nitrogens with one attached hydrogen (secondary N) is 1. The summed E-state index contributed by atoms with van der Waals surface area (Å²) in [6.45, 7) is 8.00. The zero-order valence-corrected chi connectivity index (χ0v) is 10.0. The van der Waals surface area contributed by atoms with Gasteiger partial charge in [0.05, 0.1) is 0 Å². The first-order valence-corrected chi connectivity index (χ1v) is 5.25. The summed E-state index contributed by atoms with van der Waals surface area (Å²) >= 11 is 0. The van der Waals surface area contributed by atoms with E-state index in [1.807, 2.05) is 27.7 Å². The van der Waals surface area contributed by atoms with Gasteiger partial charge in [0.25, 0.3) is 0 Å². The van der Waals surface area contributed by atoms with Crippen molar-refractivity contribution in [2.24, 2.45) is 5.92 Å². The Morgan fingerprint density at radius 3 is 2.53 bits per heavy atom. The van der Waals surface area contributed by atoms with E-state index in [1.54, 1.807) is 0 Å². The summed E-state index contributed by atoms with van der Waals surface area (Å²) in [6, 6.07) is 0. The monoisotopic (exact) mass is 215 g/mol. The van der Waals surface area contributed by atoms with Gasteiger partial charge in [-0.2, -0.15) is 0 Å². The molecule has 0 aliphatic rings. The molecule has 0 aliphatic carbocycles. The van der Waals surface area contributed by atoms with E-state index in [0.29, 0.717) is 18.9 Å². The number of hydrogen-bond donors (Lipinski definition) is 1. The SMILES string of the molecule is CC(CCC=O)CNC(=O)OC(C)(C)C. The largest absolute Gasteiger partial charge is 0.444 e. The summed E-state index contributed by atoms with van der Waals surface area (Å²) in [5, 5.41) is 2.67. The summed E-state index contributed by atoms with van der Waals surface area (Å²) in [5.74, 6) is 0.294. The minimum absolute atomic E-state index is 0.294. The van der Waals surface area contributed by atoms with Crippen molar-refractivity contribution in [2.45, 2.75) is 46.1 Å². The summed E-state index contributed by atoms with van der Waals surface area (Å²) in [6.07, 6.45) is 1.82. The van der Waals surface area contributed by atoms with E-state index in [-0.39, 0.29) is 0 Å². The Bertz CT molecular complexity index is 208. The molecule has 0 aromatic heterocycles. The summed E-state index contributed by atoms with van der Waals surface area (Å²) in [5.41, 5.74) is -0.462. The predicted molar refractivity (Wildman–Crippen MR) is 58.7 cm³/mol. The zero-order chi connectivity index (χ0) is 11.9. The van der Waals surface area contributed by atoms with Gasteiger partial charge in [0.2, 0.25) is 0 Å². The van der Waals surface area contributed by atoms with E-state index < -0.39 is 11.7 Å². The van der Waals surface area contributed by atoms with Crippen LogP contribution in [0, 0.1) is 5.92 Å². The van der Waals surface area contributed by atoms with Crippen LogP contribution in [0.25, 0.3) is 0 Å². The fourth-order valence-corrected chi connectivity index (χ4v) is 1.03. The Morgan fingerprint density at radius 2 is 2.07 bits per heavy atom.